The molecular weight excluding hydrogens is 783 g/mol. The summed E-state index contributed by atoms with van der Waals surface area (Å²) >= 11 is 0. The summed E-state index contributed by atoms with van der Waals surface area (Å²) in [6.07, 6.45) is 6.53. The number of β-amino-alcohol motifs (C(OH)–C–C–N with tert-alkyl or cyclic N) is 1. The highest BCUT2D eigenvalue weighted by atomic mass is 16.5. The van der Waals surface area contributed by atoms with E-state index >= 15 is 0 Å². The van der Waals surface area contributed by atoms with Crippen molar-refractivity contribution in [2.24, 2.45) is 5.92 Å². The van der Waals surface area contributed by atoms with Crippen LogP contribution >= 0.6 is 0 Å². The largest absolute Gasteiger partial charge is 0.384 e. The quantitative estimate of drug-likeness (QED) is 0.108. The van der Waals surface area contributed by atoms with Gasteiger partial charge in [-0.2, -0.15) is 4.98 Å². The van der Waals surface area contributed by atoms with E-state index in [1.54, 1.807) is 11.2 Å². The number of aliphatic hydroxyl groups is 1. The van der Waals surface area contributed by atoms with E-state index in [4.69, 9.17) is 14.5 Å². The van der Waals surface area contributed by atoms with Crippen molar-refractivity contribution in [2.45, 2.75) is 83.9 Å². The molecule has 7 heterocycles. The molecule has 0 radical (unpaired) electrons. The molecule has 1 unspecified atom stereocenters. The van der Waals surface area contributed by atoms with Crippen molar-refractivity contribution in [3.63, 3.8) is 0 Å². The van der Waals surface area contributed by atoms with Crippen molar-refractivity contribution >= 4 is 34.3 Å². The summed E-state index contributed by atoms with van der Waals surface area (Å²) in [5.41, 5.74) is 8.15. The minimum atomic E-state index is -0.953. The van der Waals surface area contributed by atoms with Gasteiger partial charge in [-0.3, -0.25) is 24.9 Å². The SMILES string of the molecule is Cc1cc(-c2ncnc3[nH]c(-c4ccc(C5(O)CCN(CC6CCN(c7ccc(N8CCC(=O)NC8=O)cc7)CC6)C5)cn4)cc23)ccc1[C@@H](C)NCc1nc(C(C)(C)C)no1. The van der Waals surface area contributed by atoms with Gasteiger partial charge in [0.25, 0.3) is 0 Å². The van der Waals surface area contributed by atoms with Crippen LogP contribution in [0.25, 0.3) is 33.7 Å². The first kappa shape index (κ1) is 41.3. The summed E-state index contributed by atoms with van der Waals surface area (Å²) in [6.45, 7) is 15.6. The normalized spacial score (nSPS) is 19.7. The third kappa shape index (κ3) is 8.56. The number of imide groups is 1. The van der Waals surface area contributed by atoms with Crippen LogP contribution in [0.3, 0.4) is 0 Å². The van der Waals surface area contributed by atoms with Crippen molar-refractivity contribution in [3.05, 3.63) is 102 Å². The Morgan fingerprint density at radius 1 is 0.968 bits per heavy atom. The van der Waals surface area contributed by atoms with Crippen LogP contribution < -0.4 is 20.4 Å². The number of piperidine rings is 1. The lowest BCUT2D eigenvalue weighted by atomic mass is 9.93. The van der Waals surface area contributed by atoms with Gasteiger partial charge >= 0.3 is 6.03 Å². The van der Waals surface area contributed by atoms with Crippen LogP contribution in [0.2, 0.25) is 0 Å². The van der Waals surface area contributed by atoms with Crippen molar-refractivity contribution in [1.82, 2.24) is 45.6 Å². The molecule has 62 heavy (non-hydrogen) atoms. The van der Waals surface area contributed by atoms with Crippen LogP contribution in [-0.2, 0) is 22.4 Å². The topological polar surface area (TPSA) is 182 Å². The molecule has 0 spiro atoms. The van der Waals surface area contributed by atoms with Crippen molar-refractivity contribution in [2.75, 3.05) is 49.1 Å². The van der Waals surface area contributed by atoms with Gasteiger partial charge < -0.3 is 24.8 Å². The van der Waals surface area contributed by atoms with Gasteiger partial charge in [-0.1, -0.05) is 44.1 Å². The van der Waals surface area contributed by atoms with Gasteiger partial charge in [0.05, 0.1) is 23.6 Å². The number of aryl methyl sites for hydroxylation is 1. The number of urea groups is 1. The maximum Gasteiger partial charge on any atom is 0.328 e. The molecule has 322 valence electrons. The molecule has 3 aliphatic heterocycles. The second-order valence-electron chi connectivity index (χ2n) is 18.3. The van der Waals surface area contributed by atoms with Gasteiger partial charge in [0.1, 0.15) is 17.6 Å². The second-order valence-corrected chi connectivity index (χ2v) is 18.3. The Labute approximate surface area is 361 Å². The Kier molecular flexibility index (Phi) is 11.1. The van der Waals surface area contributed by atoms with Crippen molar-refractivity contribution in [1.29, 1.82) is 0 Å². The average molecular weight is 838 g/mol. The van der Waals surface area contributed by atoms with E-state index in [1.165, 1.54) is 5.56 Å². The lowest BCUT2D eigenvalue weighted by Crippen LogP contribution is -2.49. The fourth-order valence-corrected chi connectivity index (χ4v) is 9.08. The Morgan fingerprint density at radius 3 is 2.47 bits per heavy atom. The number of aromatic amines is 1. The molecule has 3 saturated heterocycles. The first-order valence-electron chi connectivity index (χ1n) is 21.7. The van der Waals surface area contributed by atoms with Gasteiger partial charge in [-0.05, 0) is 92.6 Å². The third-order valence-corrected chi connectivity index (χ3v) is 12.7. The minimum Gasteiger partial charge on any atom is -0.384 e. The van der Waals surface area contributed by atoms with E-state index in [2.05, 4.69) is 112 Å². The number of hydrogen-bond acceptors (Lipinski definition) is 12. The first-order valence-corrected chi connectivity index (χ1v) is 21.7. The fraction of sp³-hybridized carbons (Fsp3) is 0.426. The van der Waals surface area contributed by atoms with Gasteiger partial charge in [-0.15, -0.1) is 0 Å². The minimum absolute atomic E-state index is 0.0631. The van der Waals surface area contributed by atoms with E-state index < -0.39 is 5.60 Å². The summed E-state index contributed by atoms with van der Waals surface area (Å²) in [5.74, 6) is 1.59. The molecule has 0 bridgehead atoms. The highest BCUT2D eigenvalue weighted by molar-refractivity contribution is 6.05. The molecule has 9 rings (SSSR count). The number of anilines is 2. The number of nitrogens with zero attached hydrogens (tertiary/aromatic N) is 8. The molecule has 0 aliphatic carbocycles. The number of pyridine rings is 1. The molecule has 3 fully saturated rings. The number of carbonyl (C=O) groups excluding carboxylic acids is 2. The van der Waals surface area contributed by atoms with Gasteiger partial charge in [0.15, 0.2) is 5.82 Å². The zero-order valence-corrected chi connectivity index (χ0v) is 36.1. The summed E-state index contributed by atoms with van der Waals surface area (Å²) < 4.78 is 5.48. The Morgan fingerprint density at radius 2 is 1.76 bits per heavy atom. The number of aromatic nitrogens is 6. The number of benzene rings is 2. The molecule has 15 heteroatoms. The molecule has 2 aromatic carbocycles. The van der Waals surface area contributed by atoms with Crippen LogP contribution in [0.1, 0.15) is 87.8 Å². The number of hydrogen-bond donors (Lipinski definition) is 4. The molecule has 2 atom stereocenters. The highest BCUT2D eigenvalue weighted by Gasteiger charge is 2.39. The van der Waals surface area contributed by atoms with Gasteiger partial charge in [0.2, 0.25) is 11.8 Å². The Balaban J connectivity index is 0.794. The van der Waals surface area contributed by atoms with Crippen LogP contribution in [-0.4, -0.2) is 91.3 Å². The number of H-pyrrole nitrogens is 1. The molecule has 3 amide bonds. The monoisotopic (exact) mass is 837 g/mol. The Hall–Kier alpha value is -6.03. The highest BCUT2D eigenvalue weighted by Crippen LogP contribution is 2.36. The second kappa shape index (κ2) is 16.7. The summed E-state index contributed by atoms with van der Waals surface area (Å²) in [7, 11) is 0. The molecule has 15 nitrogen and oxygen atoms in total. The zero-order chi connectivity index (χ0) is 43.2. The molecule has 4 N–H and O–H groups in total. The van der Waals surface area contributed by atoms with E-state index in [9.17, 15) is 14.7 Å². The van der Waals surface area contributed by atoms with Gasteiger partial charge in [0, 0.05) is 91.2 Å². The number of nitrogens with one attached hydrogen (secondary N) is 3. The lowest BCUT2D eigenvalue weighted by molar-refractivity contribution is -0.120. The predicted molar refractivity (Wildman–Crippen MR) is 237 cm³/mol. The number of carbonyl (C=O) groups is 2. The van der Waals surface area contributed by atoms with Crippen LogP contribution in [0.15, 0.2) is 77.7 Å². The van der Waals surface area contributed by atoms with Crippen LogP contribution in [0, 0.1) is 12.8 Å². The van der Waals surface area contributed by atoms with Crippen molar-refractivity contribution in [3.8, 4) is 22.6 Å². The van der Waals surface area contributed by atoms with E-state index in [0.29, 0.717) is 50.1 Å². The first-order chi connectivity index (χ1) is 29.8. The zero-order valence-electron chi connectivity index (χ0n) is 36.1. The summed E-state index contributed by atoms with van der Waals surface area (Å²) in [5, 5.41) is 22.8. The van der Waals surface area contributed by atoms with Crippen LogP contribution in [0.5, 0.6) is 0 Å². The van der Waals surface area contributed by atoms with Gasteiger partial charge in [-0.25, -0.2) is 14.8 Å². The number of amides is 3. The third-order valence-electron chi connectivity index (χ3n) is 12.7. The number of likely N-dealkylation sites (tertiary alicyclic amines) is 1. The molecule has 3 aliphatic rings. The molecule has 4 aromatic heterocycles. The van der Waals surface area contributed by atoms with E-state index in [0.717, 1.165) is 95.2 Å². The van der Waals surface area contributed by atoms with Crippen molar-refractivity contribution < 1.29 is 19.2 Å². The van der Waals surface area contributed by atoms with E-state index in [1.807, 2.05) is 30.5 Å². The average Bonchev–Trinajstić information content (AvgIpc) is 4.03. The lowest BCUT2D eigenvalue weighted by Gasteiger charge is -2.36. The van der Waals surface area contributed by atoms with E-state index in [-0.39, 0.29) is 23.4 Å². The fourth-order valence-electron chi connectivity index (χ4n) is 9.08. The molecular formula is C47H55N11O4. The smallest absolute Gasteiger partial charge is 0.328 e. The Bertz CT molecular complexity index is 2570. The summed E-state index contributed by atoms with van der Waals surface area (Å²) in [4.78, 5) is 52.3. The maximum absolute atomic E-state index is 12.3. The summed E-state index contributed by atoms with van der Waals surface area (Å²) in [6, 6.07) is 20.2. The molecule has 0 saturated carbocycles. The predicted octanol–water partition coefficient (Wildman–Crippen LogP) is 6.78. The maximum atomic E-state index is 12.3. The van der Waals surface area contributed by atoms with Crippen LogP contribution in [0.4, 0.5) is 16.2 Å². The molecule has 6 aromatic rings. The standard InChI is InChI=1S/C47H55N11O4/c1-29-22-32(6-12-36(29)30(2)48-25-41-54-44(55-62-41)46(3,4)5)42-37-23-39(52-43(37)51-28-50-42)38-13-7-33(24-49-38)47(61)17-21-56(27-47)26-31-14-18-57(19-15-31)34-8-10-35(11-9-34)58-20-16-40(59)53-45(58)60/h6-13,22-24,28,30-31,48,61H,14-21,25-27H2,1-5H3,(H,50,51,52)(H,53,59,60)/t30-,47?/m1/s1. The number of rotatable bonds is 11. The number of fused-ring (bicyclic) bond motifs is 1.